The zero-order chi connectivity index (χ0) is 15.2. The molecule has 0 aliphatic carbocycles. The van der Waals surface area contributed by atoms with E-state index in [-0.39, 0.29) is 11.1 Å². The number of amides is 2. The average molecular weight is 302 g/mol. The van der Waals surface area contributed by atoms with Crippen molar-refractivity contribution in [3.63, 3.8) is 0 Å². The van der Waals surface area contributed by atoms with E-state index in [1.54, 1.807) is 37.5 Å². The minimum Gasteiger partial charge on any atom is -0.385 e. The van der Waals surface area contributed by atoms with Gasteiger partial charge in [0, 0.05) is 20.3 Å². The van der Waals surface area contributed by atoms with Gasteiger partial charge in [0.1, 0.15) is 0 Å². The van der Waals surface area contributed by atoms with Crippen LogP contribution in [0.5, 0.6) is 0 Å². The highest BCUT2D eigenvalue weighted by Gasteiger charge is 2.34. The summed E-state index contributed by atoms with van der Waals surface area (Å²) in [6, 6.07) is 8.88. The Hall–Kier alpha value is -2.10. The average Bonchev–Trinajstić information content (AvgIpc) is 2.75. The third-order valence-corrected chi connectivity index (χ3v) is 3.85. The lowest BCUT2D eigenvalue weighted by atomic mass is 10.1. The lowest BCUT2D eigenvalue weighted by Crippen LogP contribution is -2.29. The first-order chi connectivity index (χ1) is 10.2. The van der Waals surface area contributed by atoms with Crippen molar-refractivity contribution in [1.82, 2.24) is 4.90 Å². The van der Waals surface area contributed by atoms with Crippen LogP contribution in [0.3, 0.4) is 0 Å². The van der Waals surface area contributed by atoms with E-state index in [1.165, 1.54) is 4.90 Å². The van der Waals surface area contributed by atoms with E-state index >= 15 is 0 Å². The van der Waals surface area contributed by atoms with Crippen molar-refractivity contribution in [2.24, 2.45) is 0 Å². The third kappa shape index (κ3) is 3.72. The topological polar surface area (TPSA) is 70.4 Å². The summed E-state index contributed by atoms with van der Waals surface area (Å²) in [7, 11) is 1.58. The van der Waals surface area contributed by atoms with Crippen LogP contribution in [0.25, 0.3) is 6.08 Å². The van der Waals surface area contributed by atoms with Gasteiger partial charge in [0.25, 0.3) is 11.1 Å². The second-order valence-electron chi connectivity index (χ2n) is 4.41. The number of nitriles is 1. The monoisotopic (exact) mass is 302 g/mol. The molecular formula is C15H14N2O3S. The summed E-state index contributed by atoms with van der Waals surface area (Å²) < 4.78 is 4.92. The molecule has 1 heterocycles. The molecule has 0 saturated carbocycles. The Kier molecular flexibility index (Phi) is 5.14. The molecule has 0 atom stereocenters. The van der Waals surface area contributed by atoms with Crippen LogP contribution in [0.4, 0.5) is 4.79 Å². The van der Waals surface area contributed by atoms with Crippen LogP contribution in [0.2, 0.25) is 0 Å². The number of carbonyl (C=O) groups is 2. The maximum Gasteiger partial charge on any atom is 0.293 e. The molecule has 0 unspecified atom stereocenters. The zero-order valence-corrected chi connectivity index (χ0v) is 12.4. The van der Waals surface area contributed by atoms with E-state index < -0.39 is 0 Å². The fourth-order valence-corrected chi connectivity index (χ4v) is 2.73. The minimum absolute atomic E-state index is 0.254. The second kappa shape index (κ2) is 7.07. The summed E-state index contributed by atoms with van der Waals surface area (Å²) in [5.41, 5.74) is 1.34. The van der Waals surface area contributed by atoms with Gasteiger partial charge in [0.2, 0.25) is 0 Å². The van der Waals surface area contributed by atoms with E-state index in [9.17, 15) is 9.59 Å². The number of nitrogens with zero attached hydrogens (tertiary/aromatic N) is 2. The number of thioether (sulfide) groups is 1. The molecule has 1 fully saturated rings. The number of hydrogen-bond donors (Lipinski definition) is 0. The summed E-state index contributed by atoms with van der Waals surface area (Å²) in [5, 5.41) is 8.49. The standard InChI is InChI=1S/C15H14N2O3S/c1-20-8-2-7-17-14(18)13(21-15(17)19)9-11-3-5-12(10-16)6-4-11/h3-6,9H,2,7-8H2,1H3/b13-9+. The van der Waals surface area contributed by atoms with Gasteiger partial charge < -0.3 is 4.74 Å². The van der Waals surface area contributed by atoms with Gasteiger partial charge in [-0.15, -0.1) is 0 Å². The van der Waals surface area contributed by atoms with Gasteiger partial charge in [0.15, 0.2) is 0 Å². The summed E-state index contributed by atoms with van der Waals surface area (Å²) in [4.78, 5) is 25.6. The van der Waals surface area contributed by atoms with Crippen molar-refractivity contribution in [2.75, 3.05) is 20.3 Å². The first kappa shape index (κ1) is 15.3. The molecule has 0 aromatic heterocycles. The highest BCUT2D eigenvalue weighted by atomic mass is 32.2. The van der Waals surface area contributed by atoms with Crippen LogP contribution < -0.4 is 0 Å². The van der Waals surface area contributed by atoms with Crippen molar-refractivity contribution in [3.8, 4) is 6.07 Å². The molecule has 2 amide bonds. The Labute approximate surface area is 127 Å². The molecule has 1 aromatic rings. The number of methoxy groups -OCH3 is 1. The Balaban J connectivity index is 2.10. The fourth-order valence-electron chi connectivity index (χ4n) is 1.87. The number of imide groups is 1. The summed E-state index contributed by atoms with van der Waals surface area (Å²) in [6.45, 7) is 0.875. The van der Waals surface area contributed by atoms with Gasteiger partial charge in [0.05, 0.1) is 16.5 Å². The summed E-state index contributed by atoms with van der Waals surface area (Å²) in [6.07, 6.45) is 2.29. The van der Waals surface area contributed by atoms with Crippen LogP contribution >= 0.6 is 11.8 Å². The normalized spacial score (nSPS) is 16.6. The van der Waals surface area contributed by atoms with Crippen molar-refractivity contribution >= 4 is 29.0 Å². The minimum atomic E-state index is -0.273. The molecule has 108 valence electrons. The Morgan fingerprint density at radius 2 is 2.05 bits per heavy atom. The summed E-state index contributed by atoms with van der Waals surface area (Å²) in [5.74, 6) is -0.273. The molecule has 21 heavy (non-hydrogen) atoms. The van der Waals surface area contributed by atoms with Crippen LogP contribution in [0.15, 0.2) is 29.2 Å². The van der Waals surface area contributed by atoms with Crippen molar-refractivity contribution in [2.45, 2.75) is 6.42 Å². The predicted octanol–water partition coefficient (Wildman–Crippen LogP) is 2.63. The number of carbonyl (C=O) groups excluding carboxylic acids is 2. The van der Waals surface area contributed by atoms with Crippen LogP contribution in [0, 0.1) is 11.3 Å². The van der Waals surface area contributed by atoms with E-state index in [4.69, 9.17) is 10.00 Å². The van der Waals surface area contributed by atoms with Crippen LogP contribution in [-0.4, -0.2) is 36.3 Å². The number of rotatable bonds is 5. The first-order valence-corrected chi connectivity index (χ1v) is 7.22. The molecule has 1 aliphatic heterocycles. The molecule has 0 bridgehead atoms. The van der Waals surface area contributed by atoms with Gasteiger partial charge in [-0.05, 0) is 42.0 Å². The molecule has 0 radical (unpaired) electrons. The number of hydrogen-bond acceptors (Lipinski definition) is 5. The molecule has 5 nitrogen and oxygen atoms in total. The lowest BCUT2D eigenvalue weighted by Gasteiger charge is -2.11. The van der Waals surface area contributed by atoms with Crippen molar-refractivity contribution in [1.29, 1.82) is 5.26 Å². The fraction of sp³-hybridized carbons (Fsp3) is 0.267. The van der Waals surface area contributed by atoms with Gasteiger partial charge >= 0.3 is 0 Å². The largest absolute Gasteiger partial charge is 0.385 e. The maximum absolute atomic E-state index is 12.2. The Bertz CT molecular complexity index is 617. The van der Waals surface area contributed by atoms with Gasteiger partial charge in [-0.2, -0.15) is 5.26 Å². The van der Waals surface area contributed by atoms with Gasteiger partial charge in [-0.3, -0.25) is 14.5 Å². The number of benzene rings is 1. The van der Waals surface area contributed by atoms with E-state index in [1.807, 2.05) is 6.07 Å². The molecule has 1 saturated heterocycles. The van der Waals surface area contributed by atoms with Gasteiger partial charge in [-0.25, -0.2) is 0 Å². The smallest absolute Gasteiger partial charge is 0.293 e. The summed E-state index contributed by atoms with van der Waals surface area (Å²) >= 11 is 0.937. The molecule has 0 spiro atoms. The molecular weight excluding hydrogens is 288 g/mol. The van der Waals surface area contributed by atoms with E-state index in [0.717, 1.165) is 17.3 Å². The maximum atomic E-state index is 12.2. The zero-order valence-electron chi connectivity index (χ0n) is 11.5. The van der Waals surface area contributed by atoms with Crippen LogP contribution in [0.1, 0.15) is 17.5 Å². The Morgan fingerprint density at radius 1 is 1.33 bits per heavy atom. The Morgan fingerprint density at radius 3 is 2.67 bits per heavy atom. The lowest BCUT2D eigenvalue weighted by molar-refractivity contribution is -0.122. The molecule has 0 N–H and O–H groups in total. The van der Waals surface area contributed by atoms with Crippen LogP contribution in [-0.2, 0) is 9.53 Å². The highest BCUT2D eigenvalue weighted by molar-refractivity contribution is 8.18. The first-order valence-electron chi connectivity index (χ1n) is 6.40. The molecule has 1 aromatic carbocycles. The van der Waals surface area contributed by atoms with Crippen molar-refractivity contribution in [3.05, 3.63) is 40.3 Å². The predicted molar refractivity (Wildman–Crippen MR) is 80.3 cm³/mol. The van der Waals surface area contributed by atoms with Crippen molar-refractivity contribution < 1.29 is 14.3 Å². The van der Waals surface area contributed by atoms with E-state index in [2.05, 4.69) is 0 Å². The third-order valence-electron chi connectivity index (χ3n) is 2.94. The second-order valence-corrected chi connectivity index (χ2v) is 5.41. The van der Waals surface area contributed by atoms with Gasteiger partial charge in [-0.1, -0.05) is 12.1 Å². The SMILES string of the molecule is COCCCN1C(=O)S/C(=C/c2ccc(C#N)cc2)C1=O. The van der Waals surface area contributed by atoms with E-state index in [0.29, 0.717) is 30.0 Å². The highest BCUT2D eigenvalue weighted by Crippen LogP contribution is 2.32. The molecule has 1 aliphatic rings. The molecule has 6 heteroatoms. The quantitative estimate of drug-likeness (QED) is 0.617. The number of ether oxygens (including phenoxy) is 1. The molecule has 2 rings (SSSR count).